The van der Waals surface area contributed by atoms with E-state index in [9.17, 15) is 4.79 Å². The SMILES string of the molecule is COc1cc(Br)c(C)cc1-n1c(=O)ccc2cc(SCc3ccccc3)ccc21. The minimum absolute atomic E-state index is 0.0813. The Labute approximate surface area is 182 Å². The van der Waals surface area contributed by atoms with E-state index in [2.05, 4.69) is 52.3 Å². The highest BCUT2D eigenvalue weighted by molar-refractivity contribution is 9.10. The lowest BCUT2D eigenvalue weighted by molar-refractivity contribution is 0.412. The highest BCUT2D eigenvalue weighted by Crippen LogP contribution is 2.32. The van der Waals surface area contributed by atoms with Crippen molar-refractivity contribution in [3.63, 3.8) is 0 Å². The van der Waals surface area contributed by atoms with E-state index in [1.165, 1.54) is 10.5 Å². The molecule has 0 aliphatic heterocycles. The van der Waals surface area contributed by atoms with Gasteiger partial charge in [-0.3, -0.25) is 9.36 Å². The Morgan fingerprint density at radius 2 is 1.79 bits per heavy atom. The smallest absolute Gasteiger partial charge is 0.255 e. The topological polar surface area (TPSA) is 31.2 Å². The molecule has 0 spiro atoms. The zero-order valence-corrected chi connectivity index (χ0v) is 18.6. The lowest BCUT2D eigenvalue weighted by Gasteiger charge is -2.16. The summed E-state index contributed by atoms with van der Waals surface area (Å²) in [5.41, 5.74) is 3.86. The second-order valence-electron chi connectivity index (χ2n) is 6.78. The van der Waals surface area contributed by atoms with Crippen LogP contribution < -0.4 is 10.3 Å². The summed E-state index contributed by atoms with van der Waals surface area (Å²) in [6.45, 7) is 2.00. The molecule has 0 aliphatic carbocycles. The van der Waals surface area contributed by atoms with Crippen LogP contribution in [0.3, 0.4) is 0 Å². The van der Waals surface area contributed by atoms with Gasteiger partial charge in [0.2, 0.25) is 0 Å². The molecule has 1 aromatic heterocycles. The van der Waals surface area contributed by atoms with Crippen molar-refractivity contribution in [2.45, 2.75) is 17.6 Å². The number of ether oxygens (including phenoxy) is 1. The molecule has 1 heterocycles. The Bertz CT molecular complexity index is 1240. The van der Waals surface area contributed by atoms with Gasteiger partial charge in [0.15, 0.2) is 0 Å². The van der Waals surface area contributed by atoms with E-state index < -0.39 is 0 Å². The number of pyridine rings is 1. The molecule has 0 saturated heterocycles. The fourth-order valence-electron chi connectivity index (χ4n) is 3.29. The van der Waals surface area contributed by atoms with E-state index in [0.29, 0.717) is 5.75 Å². The third-order valence-electron chi connectivity index (χ3n) is 4.82. The van der Waals surface area contributed by atoms with Gasteiger partial charge in [-0.1, -0.05) is 46.3 Å². The van der Waals surface area contributed by atoms with Gasteiger partial charge in [-0.2, -0.15) is 0 Å². The number of thioether (sulfide) groups is 1. The van der Waals surface area contributed by atoms with Gasteiger partial charge < -0.3 is 4.74 Å². The summed E-state index contributed by atoms with van der Waals surface area (Å²) < 4.78 is 8.23. The van der Waals surface area contributed by atoms with Crippen molar-refractivity contribution >= 4 is 38.6 Å². The van der Waals surface area contributed by atoms with Crippen LogP contribution in [0.1, 0.15) is 11.1 Å². The summed E-state index contributed by atoms with van der Waals surface area (Å²) >= 11 is 5.33. The highest BCUT2D eigenvalue weighted by atomic mass is 79.9. The van der Waals surface area contributed by atoms with Crippen molar-refractivity contribution in [2.75, 3.05) is 7.11 Å². The minimum atomic E-state index is -0.0813. The van der Waals surface area contributed by atoms with Gasteiger partial charge in [0, 0.05) is 21.2 Å². The van der Waals surface area contributed by atoms with Crippen LogP contribution in [0.2, 0.25) is 0 Å². The fourth-order valence-corrected chi connectivity index (χ4v) is 4.51. The Morgan fingerprint density at radius 1 is 1.00 bits per heavy atom. The van der Waals surface area contributed by atoms with Crippen LogP contribution in [-0.2, 0) is 5.75 Å². The predicted molar refractivity (Wildman–Crippen MR) is 125 cm³/mol. The number of methoxy groups -OCH3 is 1. The molecule has 3 aromatic carbocycles. The van der Waals surface area contributed by atoms with E-state index >= 15 is 0 Å². The summed E-state index contributed by atoms with van der Waals surface area (Å²) in [4.78, 5) is 14.0. The number of aryl methyl sites for hydroxylation is 1. The largest absolute Gasteiger partial charge is 0.495 e. The second-order valence-corrected chi connectivity index (χ2v) is 8.68. The highest BCUT2D eigenvalue weighted by Gasteiger charge is 2.13. The van der Waals surface area contributed by atoms with Gasteiger partial charge in [-0.15, -0.1) is 11.8 Å². The fraction of sp³-hybridized carbons (Fsp3) is 0.125. The zero-order chi connectivity index (χ0) is 20.4. The summed E-state index contributed by atoms with van der Waals surface area (Å²) in [7, 11) is 1.62. The van der Waals surface area contributed by atoms with Crippen LogP contribution >= 0.6 is 27.7 Å². The van der Waals surface area contributed by atoms with Gasteiger partial charge >= 0.3 is 0 Å². The van der Waals surface area contributed by atoms with Crippen LogP contribution in [0.5, 0.6) is 5.75 Å². The number of hydrogen-bond donors (Lipinski definition) is 0. The maximum Gasteiger partial charge on any atom is 0.255 e. The van der Waals surface area contributed by atoms with E-state index in [4.69, 9.17) is 4.74 Å². The Balaban J connectivity index is 1.77. The van der Waals surface area contributed by atoms with E-state index in [0.717, 1.165) is 32.4 Å². The first-order valence-electron chi connectivity index (χ1n) is 9.24. The molecular weight excluding hydrogens is 446 g/mol. The normalized spacial score (nSPS) is 11.0. The molecule has 4 aromatic rings. The Hall–Kier alpha value is -2.50. The monoisotopic (exact) mass is 465 g/mol. The Morgan fingerprint density at radius 3 is 2.55 bits per heavy atom. The quantitative estimate of drug-likeness (QED) is 0.321. The molecular formula is C24H20BrNO2S. The first-order chi connectivity index (χ1) is 14.1. The number of benzene rings is 3. The molecule has 4 rings (SSSR count). The summed E-state index contributed by atoms with van der Waals surface area (Å²) in [6, 6.07) is 24.0. The summed E-state index contributed by atoms with van der Waals surface area (Å²) in [5.74, 6) is 1.56. The van der Waals surface area contributed by atoms with Crippen molar-refractivity contribution in [1.82, 2.24) is 4.57 Å². The van der Waals surface area contributed by atoms with Crippen LogP contribution in [0, 0.1) is 6.92 Å². The number of fused-ring (bicyclic) bond motifs is 1. The molecule has 0 aliphatic rings. The first-order valence-corrected chi connectivity index (χ1v) is 11.0. The maximum absolute atomic E-state index is 12.8. The van der Waals surface area contributed by atoms with Crippen molar-refractivity contribution in [3.05, 3.63) is 98.7 Å². The van der Waals surface area contributed by atoms with Crippen molar-refractivity contribution < 1.29 is 4.74 Å². The molecule has 0 bridgehead atoms. The van der Waals surface area contributed by atoms with Crippen LogP contribution in [0.15, 0.2) is 87.0 Å². The molecule has 0 fully saturated rings. The van der Waals surface area contributed by atoms with Crippen molar-refractivity contribution in [1.29, 1.82) is 0 Å². The van der Waals surface area contributed by atoms with Crippen LogP contribution in [-0.4, -0.2) is 11.7 Å². The van der Waals surface area contributed by atoms with E-state index in [1.807, 2.05) is 37.3 Å². The van der Waals surface area contributed by atoms with Gasteiger partial charge in [-0.25, -0.2) is 0 Å². The molecule has 5 heteroatoms. The average Bonchev–Trinajstić information content (AvgIpc) is 2.74. The van der Waals surface area contributed by atoms with E-state index in [1.54, 1.807) is 29.5 Å². The Kier molecular flexibility index (Phi) is 5.79. The average molecular weight is 466 g/mol. The number of nitrogens with zero attached hydrogens (tertiary/aromatic N) is 1. The van der Waals surface area contributed by atoms with Gasteiger partial charge in [0.1, 0.15) is 5.75 Å². The molecule has 0 unspecified atom stereocenters. The lowest BCUT2D eigenvalue weighted by atomic mass is 10.1. The number of halogens is 1. The molecule has 146 valence electrons. The molecule has 0 amide bonds. The molecule has 0 atom stereocenters. The lowest BCUT2D eigenvalue weighted by Crippen LogP contribution is -2.18. The van der Waals surface area contributed by atoms with Crippen LogP contribution in [0.4, 0.5) is 0 Å². The summed E-state index contributed by atoms with van der Waals surface area (Å²) in [6.07, 6.45) is 0. The standard InChI is InChI=1S/C24H20BrNO2S/c1-16-12-22(23(28-2)14-20(16)25)26-21-10-9-19(13-18(21)8-11-24(26)27)29-15-17-6-4-3-5-7-17/h3-14H,15H2,1-2H3. The minimum Gasteiger partial charge on any atom is -0.495 e. The van der Waals surface area contributed by atoms with E-state index in [-0.39, 0.29) is 5.56 Å². The molecule has 0 N–H and O–H groups in total. The zero-order valence-electron chi connectivity index (χ0n) is 16.2. The first kappa shape index (κ1) is 19.8. The number of rotatable bonds is 5. The maximum atomic E-state index is 12.8. The van der Waals surface area contributed by atoms with Crippen LogP contribution in [0.25, 0.3) is 16.6 Å². The molecule has 29 heavy (non-hydrogen) atoms. The van der Waals surface area contributed by atoms with Gasteiger partial charge in [0.05, 0.1) is 18.3 Å². The summed E-state index contributed by atoms with van der Waals surface area (Å²) in [5, 5.41) is 1.02. The second kappa shape index (κ2) is 8.47. The van der Waals surface area contributed by atoms with Gasteiger partial charge in [0.25, 0.3) is 5.56 Å². The molecule has 0 saturated carbocycles. The molecule has 0 radical (unpaired) electrons. The number of hydrogen-bond acceptors (Lipinski definition) is 3. The third kappa shape index (κ3) is 4.11. The third-order valence-corrected chi connectivity index (χ3v) is 6.73. The molecule has 3 nitrogen and oxygen atoms in total. The van der Waals surface area contributed by atoms with Gasteiger partial charge in [-0.05, 0) is 59.8 Å². The van der Waals surface area contributed by atoms with Crippen molar-refractivity contribution in [2.24, 2.45) is 0 Å². The predicted octanol–water partition coefficient (Wildman–Crippen LogP) is 6.36. The van der Waals surface area contributed by atoms with Crippen molar-refractivity contribution in [3.8, 4) is 11.4 Å². The number of aromatic nitrogens is 1.